The first-order valence-corrected chi connectivity index (χ1v) is 8.35. The molecule has 2 aliphatic rings. The number of aromatic nitrogens is 2. The van der Waals surface area contributed by atoms with E-state index in [1.165, 1.54) is 24.4 Å². The van der Waals surface area contributed by atoms with Gasteiger partial charge in [-0.2, -0.15) is 11.8 Å². The van der Waals surface area contributed by atoms with Gasteiger partial charge in [0.1, 0.15) is 5.82 Å². The molecule has 4 rings (SSSR count). The lowest BCUT2D eigenvalue weighted by atomic mass is 10.3. The Morgan fingerprint density at radius 3 is 3.00 bits per heavy atom. The molecule has 19 heavy (non-hydrogen) atoms. The molecule has 1 unspecified atom stereocenters. The summed E-state index contributed by atoms with van der Waals surface area (Å²) in [6.07, 6.45) is 2.51. The van der Waals surface area contributed by atoms with Crippen molar-refractivity contribution in [2.24, 2.45) is 0 Å². The molecule has 3 nitrogen and oxygen atoms in total. The van der Waals surface area contributed by atoms with Crippen LogP contribution in [0.15, 0.2) is 18.2 Å². The van der Waals surface area contributed by atoms with E-state index in [2.05, 4.69) is 16.0 Å². The average Bonchev–Trinajstić information content (AvgIpc) is 3.20. The molecular formula is C14H16ClN3S. The molecule has 100 valence electrons. The molecule has 2 aromatic rings. The number of halogens is 1. The second-order valence-electron chi connectivity index (χ2n) is 5.26. The van der Waals surface area contributed by atoms with Crippen LogP contribution < -0.4 is 5.32 Å². The fourth-order valence-electron chi connectivity index (χ4n) is 2.80. The van der Waals surface area contributed by atoms with Gasteiger partial charge in [-0.25, -0.2) is 4.98 Å². The van der Waals surface area contributed by atoms with Crippen LogP contribution in [0.5, 0.6) is 0 Å². The van der Waals surface area contributed by atoms with Crippen LogP contribution >= 0.6 is 23.4 Å². The molecule has 2 fully saturated rings. The van der Waals surface area contributed by atoms with Gasteiger partial charge in [-0.05, 0) is 25.0 Å². The third-order valence-corrected chi connectivity index (χ3v) is 5.20. The fourth-order valence-corrected chi connectivity index (χ4v) is 4.00. The molecule has 0 bridgehead atoms. The van der Waals surface area contributed by atoms with Crippen LogP contribution in [0.3, 0.4) is 0 Å². The third-order valence-electron chi connectivity index (χ3n) is 3.83. The maximum absolute atomic E-state index is 6.40. The molecule has 0 radical (unpaired) electrons. The van der Waals surface area contributed by atoms with Crippen LogP contribution in [0.1, 0.15) is 30.7 Å². The van der Waals surface area contributed by atoms with Crippen molar-refractivity contribution in [2.75, 3.05) is 18.1 Å². The monoisotopic (exact) mass is 293 g/mol. The SMILES string of the molecule is Clc1cccc2nc(C3CSCCN3)n(C3CC3)c12. The lowest BCUT2D eigenvalue weighted by Gasteiger charge is -2.23. The molecule has 1 saturated carbocycles. The van der Waals surface area contributed by atoms with E-state index in [4.69, 9.17) is 16.6 Å². The summed E-state index contributed by atoms with van der Waals surface area (Å²) in [6, 6.07) is 7.00. The highest BCUT2D eigenvalue weighted by molar-refractivity contribution is 7.99. The van der Waals surface area contributed by atoms with Gasteiger partial charge < -0.3 is 9.88 Å². The highest BCUT2D eigenvalue weighted by Gasteiger charge is 2.32. The Hall–Kier alpha value is -0.710. The van der Waals surface area contributed by atoms with E-state index in [-0.39, 0.29) is 0 Å². The Bertz CT molecular complexity index is 614. The molecular weight excluding hydrogens is 278 g/mol. The van der Waals surface area contributed by atoms with Crippen molar-refractivity contribution in [1.82, 2.24) is 14.9 Å². The zero-order chi connectivity index (χ0) is 12.8. The summed E-state index contributed by atoms with van der Waals surface area (Å²) in [5.74, 6) is 3.48. The van der Waals surface area contributed by atoms with Gasteiger partial charge in [0.05, 0.1) is 22.1 Å². The van der Waals surface area contributed by atoms with Gasteiger partial charge >= 0.3 is 0 Å². The molecule has 1 aliphatic heterocycles. The van der Waals surface area contributed by atoms with Crippen LogP contribution in [-0.4, -0.2) is 27.6 Å². The lowest BCUT2D eigenvalue weighted by molar-refractivity contribution is 0.533. The van der Waals surface area contributed by atoms with E-state index in [1.54, 1.807) is 0 Å². The fraction of sp³-hybridized carbons (Fsp3) is 0.500. The number of hydrogen-bond donors (Lipinski definition) is 1. The summed E-state index contributed by atoms with van der Waals surface area (Å²) < 4.78 is 2.39. The van der Waals surface area contributed by atoms with Gasteiger partial charge in [0.2, 0.25) is 0 Å². The van der Waals surface area contributed by atoms with Crippen molar-refractivity contribution in [3.8, 4) is 0 Å². The first-order chi connectivity index (χ1) is 9.34. The number of nitrogens with one attached hydrogen (secondary N) is 1. The summed E-state index contributed by atoms with van der Waals surface area (Å²) in [5, 5.41) is 4.42. The van der Waals surface area contributed by atoms with Crippen molar-refractivity contribution in [3.05, 3.63) is 29.0 Å². The quantitative estimate of drug-likeness (QED) is 0.920. The van der Waals surface area contributed by atoms with Gasteiger partial charge in [-0.3, -0.25) is 0 Å². The molecule has 1 atom stereocenters. The Morgan fingerprint density at radius 1 is 1.37 bits per heavy atom. The van der Waals surface area contributed by atoms with E-state index in [0.29, 0.717) is 12.1 Å². The number of fused-ring (bicyclic) bond motifs is 1. The summed E-state index contributed by atoms with van der Waals surface area (Å²) in [5.41, 5.74) is 2.16. The van der Waals surface area contributed by atoms with Crippen molar-refractivity contribution in [3.63, 3.8) is 0 Å². The molecule has 1 aliphatic carbocycles. The molecule has 0 spiro atoms. The average molecular weight is 294 g/mol. The van der Waals surface area contributed by atoms with E-state index in [1.807, 2.05) is 23.9 Å². The first-order valence-electron chi connectivity index (χ1n) is 6.82. The minimum atomic E-state index is 0.364. The van der Waals surface area contributed by atoms with Crippen molar-refractivity contribution >= 4 is 34.4 Å². The maximum atomic E-state index is 6.40. The zero-order valence-electron chi connectivity index (χ0n) is 10.6. The van der Waals surface area contributed by atoms with Gasteiger partial charge in [0.15, 0.2) is 0 Å². The minimum absolute atomic E-state index is 0.364. The number of para-hydroxylation sites is 1. The normalized spacial score (nSPS) is 23.9. The van der Waals surface area contributed by atoms with Crippen LogP contribution in [0.4, 0.5) is 0 Å². The van der Waals surface area contributed by atoms with Crippen molar-refractivity contribution < 1.29 is 0 Å². The number of imidazole rings is 1. The Labute approximate surface area is 121 Å². The molecule has 0 amide bonds. The number of rotatable bonds is 2. The van der Waals surface area contributed by atoms with Gasteiger partial charge in [0, 0.05) is 24.1 Å². The molecule has 2 heterocycles. The minimum Gasteiger partial charge on any atom is -0.322 e. The predicted molar refractivity (Wildman–Crippen MR) is 81.1 cm³/mol. The summed E-state index contributed by atoms with van der Waals surface area (Å²) in [6.45, 7) is 1.07. The third kappa shape index (κ3) is 2.06. The van der Waals surface area contributed by atoms with E-state index in [9.17, 15) is 0 Å². The van der Waals surface area contributed by atoms with Crippen LogP contribution in [0, 0.1) is 0 Å². The Balaban J connectivity index is 1.89. The number of thioether (sulfide) groups is 1. The Kier molecular flexibility index (Phi) is 2.98. The largest absolute Gasteiger partial charge is 0.322 e. The zero-order valence-corrected chi connectivity index (χ0v) is 12.2. The van der Waals surface area contributed by atoms with Crippen molar-refractivity contribution in [2.45, 2.75) is 24.9 Å². The Morgan fingerprint density at radius 2 is 2.26 bits per heavy atom. The molecule has 5 heteroatoms. The number of benzene rings is 1. The maximum Gasteiger partial charge on any atom is 0.128 e. The lowest BCUT2D eigenvalue weighted by Crippen LogP contribution is -2.32. The summed E-state index contributed by atoms with van der Waals surface area (Å²) in [7, 11) is 0. The van der Waals surface area contributed by atoms with Crippen LogP contribution in [-0.2, 0) is 0 Å². The standard InChI is InChI=1S/C14H16ClN3S/c15-10-2-1-3-11-13(10)18(9-4-5-9)14(17-11)12-8-19-7-6-16-12/h1-3,9,12,16H,4-8H2. The first kappa shape index (κ1) is 12.1. The van der Waals surface area contributed by atoms with Gasteiger partial charge in [-0.1, -0.05) is 17.7 Å². The van der Waals surface area contributed by atoms with Gasteiger partial charge in [-0.15, -0.1) is 0 Å². The predicted octanol–water partition coefficient (Wildman–Crippen LogP) is 3.40. The number of hydrogen-bond acceptors (Lipinski definition) is 3. The molecule has 1 saturated heterocycles. The van der Waals surface area contributed by atoms with E-state index in [0.717, 1.165) is 28.4 Å². The molecule has 1 aromatic carbocycles. The number of nitrogens with zero attached hydrogens (tertiary/aromatic N) is 2. The van der Waals surface area contributed by atoms with Crippen LogP contribution in [0.2, 0.25) is 5.02 Å². The summed E-state index contributed by atoms with van der Waals surface area (Å²) in [4.78, 5) is 4.86. The molecule has 1 aromatic heterocycles. The topological polar surface area (TPSA) is 29.9 Å². The molecule has 1 N–H and O–H groups in total. The second-order valence-corrected chi connectivity index (χ2v) is 6.82. The highest BCUT2D eigenvalue weighted by Crippen LogP contribution is 2.42. The van der Waals surface area contributed by atoms with E-state index >= 15 is 0 Å². The highest BCUT2D eigenvalue weighted by atomic mass is 35.5. The smallest absolute Gasteiger partial charge is 0.128 e. The van der Waals surface area contributed by atoms with Gasteiger partial charge in [0.25, 0.3) is 0 Å². The van der Waals surface area contributed by atoms with Crippen LogP contribution in [0.25, 0.3) is 11.0 Å². The van der Waals surface area contributed by atoms with E-state index < -0.39 is 0 Å². The van der Waals surface area contributed by atoms with Crippen molar-refractivity contribution in [1.29, 1.82) is 0 Å². The summed E-state index contributed by atoms with van der Waals surface area (Å²) >= 11 is 8.40. The second kappa shape index (κ2) is 4.69.